The second-order valence-corrected chi connectivity index (χ2v) is 9.22. The average molecular weight is 357 g/mol. The molecule has 7 heteroatoms. The second kappa shape index (κ2) is 9.13. The van der Waals surface area contributed by atoms with Gasteiger partial charge in [0.1, 0.15) is 23.9 Å². The number of ether oxygens (including phenoxy) is 1. The SMILES string of the molecule is CCOC(=O)C[C@H](O[SiH2]C(C)(C)C(C)C)/C(F)=C/c1coc(C)n1. The Morgan fingerprint density at radius 3 is 2.67 bits per heavy atom. The third-order valence-corrected chi connectivity index (χ3v) is 6.24. The monoisotopic (exact) mass is 357 g/mol. The van der Waals surface area contributed by atoms with Gasteiger partial charge in [0.05, 0.1) is 13.0 Å². The minimum absolute atomic E-state index is 0.00231. The van der Waals surface area contributed by atoms with E-state index in [2.05, 4.69) is 32.7 Å². The molecule has 0 radical (unpaired) electrons. The quantitative estimate of drug-likeness (QED) is 0.499. The number of nitrogens with zero attached hydrogens (tertiary/aromatic N) is 1. The highest BCUT2D eigenvalue weighted by molar-refractivity contribution is 6.32. The third-order valence-electron chi connectivity index (χ3n) is 4.11. The summed E-state index contributed by atoms with van der Waals surface area (Å²) in [7, 11) is -1.07. The molecule has 0 fully saturated rings. The molecule has 1 aromatic rings. The fourth-order valence-corrected chi connectivity index (χ4v) is 3.01. The van der Waals surface area contributed by atoms with Crippen molar-refractivity contribution in [1.82, 2.24) is 4.98 Å². The molecule has 0 aliphatic rings. The molecule has 0 bridgehead atoms. The molecule has 1 rings (SSSR count). The predicted molar refractivity (Wildman–Crippen MR) is 93.9 cm³/mol. The Balaban J connectivity index is 2.87. The van der Waals surface area contributed by atoms with Gasteiger partial charge in [-0.1, -0.05) is 27.7 Å². The third kappa shape index (κ3) is 6.57. The van der Waals surface area contributed by atoms with Gasteiger partial charge in [0, 0.05) is 13.0 Å². The van der Waals surface area contributed by atoms with Gasteiger partial charge in [0.2, 0.25) is 0 Å². The summed E-state index contributed by atoms with van der Waals surface area (Å²) in [5.41, 5.74) is 0.368. The number of carbonyl (C=O) groups is 1. The lowest BCUT2D eigenvalue weighted by Crippen LogP contribution is -2.29. The molecule has 1 heterocycles. The average Bonchev–Trinajstić information content (AvgIpc) is 2.88. The number of halogens is 1. The van der Waals surface area contributed by atoms with Crippen molar-refractivity contribution in [1.29, 1.82) is 0 Å². The minimum atomic E-state index is -1.07. The molecular formula is C17H28FNO4Si. The molecule has 24 heavy (non-hydrogen) atoms. The first-order valence-electron chi connectivity index (χ1n) is 8.22. The smallest absolute Gasteiger partial charge is 0.308 e. The molecule has 0 saturated heterocycles. The van der Waals surface area contributed by atoms with Crippen molar-refractivity contribution in [2.45, 2.75) is 59.1 Å². The van der Waals surface area contributed by atoms with E-state index in [1.807, 2.05) is 0 Å². The van der Waals surface area contributed by atoms with E-state index in [0.717, 1.165) is 0 Å². The molecule has 1 atom stereocenters. The minimum Gasteiger partial charge on any atom is -0.466 e. The van der Waals surface area contributed by atoms with Crippen molar-refractivity contribution in [2.75, 3.05) is 6.61 Å². The first-order valence-corrected chi connectivity index (χ1v) is 9.50. The summed E-state index contributed by atoms with van der Waals surface area (Å²) in [6.07, 6.45) is 1.53. The van der Waals surface area contributed by atoms with Crippen LogP contribution in [0, 0.1) is 12.8 Å². The molecule has 0 spiro atoms. The molecule has 0 saturated carbocycles. The largest absolute Gasteiger partial charge is 0.466 e. The van der Waals surface area contributed by atoms with Crippen LogP contribution in [0.1, 0.15) is 52.6 Å². The highest BCUT2D eigenvalue weighted by Gasteiger charge is 2.28. The van der Waals surface area contributed by atoms with Gasteiger partial charge >= 0.3 is 5.97 Å². The van der Waals surface area contributed by atoms with Crippen molar-refractivity contribution in [3.63, 3.8) is 0 Å². The number of aryl methyl sites for hydroxylation is 1. The zero-order chi connectivity index (χ0) is 18.3. The van der Waals surface area contributed by atoms with Crippen molar-refractivity contribution in [3.05, 3.63) is 23.7 Å². The van der Waals surface area contributed by atoms with Gasteiger partial charge < -0.3 is 13.6 Å². The molecule has 5 nitrogen and oxygen atoms in total. The van der Waals surface area contributed by atoms with Gasteiger partial charge in [-0.2, -0.15) is 0 Å². The van der Waals surface area contributed by atoms with E-state index < -0.39 is 27.7 Å². The van der Waals surface area contributed by atoms with Gasteiger partial charge in [-0.25, -0.2) is 9.37 Å². The molecule has 0 unspecified atom stereocenters. The molecule has 0 amide bonds. The zero-order valence-electron chi connectivity index (χ0n) is 15.4. The number of hydrogen-bond donors (Lipinski definition) is 0. The van der Waals surface area contributed by atoms with Crippen molar-refractivity contribution >= 4 is 21.8 Å². The first kappa shape index (κ1) is 20.6. The summed E-state index contributed by atoms with van der Waals surface area (Å²) in [4.78, 5) is 15.8. The predicted octanol–water partition coefficient (Wildman–Crippen LogP) is 3.57. The maximum absolute atomic E-state index is 14.6. The van der Waals surface area contributed by atoms with Gasteiger partial charge in [0.25, 0.3) is 0 Å². The summed E-state index contributed by atoms with van der Waals surface area (Å²) in [6, 6.07) is 0. The van der Waals surface area contributed by atoms with Crippen molar-refractivity contribution in [2.24, 2.45) is 5.92 Å². The lowest BCUT2D eigenvalue weighted by Gasteiger charge is -2.30. The van der Waals surface area contributed by atoms with Crippen LogP contribution in [0.5, 0.6) is 0 Å². The van der Waals surface area contributed by atoms with Crippen LogP contribution in [0.4, 0.5) is 4.39 Å². The number of carbonyl (C=O) groups excluding carboxylic acids is 1. The Morgan fingerprint density at radius 1 is 1.50 bits per heavy atom. The first-order chi connectivity index (χ1) is 11.2. The van der Waals surface area contributed by atoms with E-state index in [1.165, 1.54) is 12.3 Å². The van der Waals surface area contributed by atoms with E-state index >= 15 is 0 Å². The lowest BCUT2D eigenvalue weighted by atomic mass is 9.99. The van der Waals surface area contributed by atoms with E-state index in [4.69, 9.17) is 13.6 Å². The summed E-state index contributed by atoms with van der Waals surface area (Å²) in [6.45, 7) is 12.1. The molecule has 0 N–H and O–H groups in total. The zero-order valence-corrected chi connectivity index (χ0v) is 16.8. The Hall–Kier alpha value is -1.47. The Bertz CT molecular complexity index is 569. The fraction of sp³-hybridized carbons (Fsp3) is 0.647. The number of rotatable bonds is 9. The van der Waals surface area contributed by atoms with E-state index in [9.17, 15) is 9.18 Å². The number of oxazole rings is 1. The van der Waals surface area contributed by atoms with Crippen LogP contribution in [-0.2, 0) is 14.0 Å². The summed E-state index contributed by atoms with van der Waals surface area (Å²) in [5, 5.41) is -0.00231. The molecule has 0 aromatic carbocycles. The van der Waals surface area contributed by atoms with Gasteiger partial charge in [-0.15, -0.1) is 0 Å². The molecule has 0 aliphatic heterocycles. The highest BCUT2D eigenvalue weighted by Crippen LogP contribution is 2.34. The standard InChI is InChI=1S/C17H28FNO4Si/c1-7-21-16(20)9-15(23-24-17(5,6)11(2)3)14(18)8-13-10-22-12(4)19-13/h8,10-11,15H,7,9,24H2,1-6H3/b14-8-/t15-/m0/s1. The second-order valence-electron chi connectivity index (χ2n) is 6.77. The van der Waals surface area contributed by atoms with Crippen LogP contribution in [0.3, 0.4) is 0 Å². The molecular weight excluding hydrogens is 329 g/mol. The summed E-state index contributed by atoms with van der Waals surface area (Å²) < 4.78 is 30.5. The maximum atomic E-state index is 14.6. The highest BCUT2D eigenvalue weighted by atomic mass is 28.2. The Labute approximate surface area is 145 Å². The number of aromatic nitrogens is 1. The Morgan fingerprint density at radius 2 is 2.17 bits per heavy atom. The number of hydrogen-bond acceptors (Lipinski definition) is 5. The van der Waals surface area contributed by atoms with E-state index in [-0.39, 0.29) is 18.1 Å². The van der Waals surface area contributed by atoms with Crippen molar-refractivity contribution < 1.29 is 22.8 Å². The van der Waals surface area contributed by atoms with Crippen LogP contribution in [0.15, 0.2) is 16.5 Å². The molecule has 136 valence electrons. The maximum Gasteiger partial charge on any atom is 0.308 e. The van der Waals surface area contributed by atoms with Gasteiger partial charge in [0.15, 0.2) is 15.7 Å². The van der Waals surface area contributed by atoms with Crippen LogP contribution >= 0.6 is 0 Å². The Kier molecular flexibility index (Phi) is 7.82. The van der Waals surface area contributed by atoms with E-state index in [1.54, 1.807) is 13.8 Å². The topological polar surface area (TPSA) is 61.6 Å². The summed E-state index contributed by atoms with van der Waals surface area (Å²) in [5.74, 6) is -0.146. The molecule has 1 aromatic heterocycles. The van der Waals surface area contributed by atoms with Crippen LogP contribution < -0.4 is 0 Å². The summed E-state index contributed by atoms with van der Waals surface area (Å²) >= 11 is 0. The van der Waals surface area contributed by atoms with Gasteiger partial charge in [-0.05, 0) is 17.9 Å². The van der Waals surface area contributed by atoms with Crippen LogP contribution in [0.2, 0.25) is 5.04 Å². The normalized spacial score (nSPS) is 14.6. The van der Waals surface area contributed by atoms with E-state index in [0.29, 0.717) is 17.5 Å². The lowest BCUT2D eigenvalue weighted by molar-refractivity contribution is -0.144. The van der Waals surface area contributed by atoms with Gasteiger partial charge in [-0.3, -0.25) is 4.79 Å². The van der Waals surface area contributed by atoms with Crippen LogP contribution in [-0.4, -0.2) is 33.4 Å². The number of esters is 1. The van der Waals surface area contributed by atoms with Crippen LogP contribution in [0.25, 0.3) is 6.08 Å². The molecule has 0 aliphatic carbocycles. The fourth-order valence-electron chi connectivity index (χ4n) is 1.77. The van der Waals surface area contributed by atoms with Crippen molar-refractivity contribution in [3.8, 4) is 0 Å².